The molecule has 7 heterocycles. The Morgan fingerprint density at radius 2 is 0.912 bits per heavy atom. The van der Waals surface area contributed by atoms with Crippen LogP contribution in [-0.4, -0.2) is 29.4 Å². The lowest BCUT2D eigenvalue weighted by Crippen LogP contribution is -2.13. The molecule has 0 spiro atoms. The number of aromatic nitrogens is 4. The smallest absolute Gasteiger partial charge is 0.194 e. The van der Waals surface area contributed by atoms with Crippen LogP contribution in [0.1, 0.15) is 196 Å². The molecule has 0 saturated carbocycles. The fourth-order valence-electron chi connectivity index (χ4n) is 13.9. The average molecular weight is 1310 g/mol. The number of nitrogens with zero attached hydrogens (tertiary/aromatic N) is 8. The molecule has 12 rings (SSSR count). The molecule has 0 amide bonds. The fourth-order valence-corrected chi connectivity index (χ4v) is 20.2. The van der Waals surface area contributed by atoms with Crippen molar-refractivity contribution in [3.05, 3.63) is 113 Å². The highest BCUT2D eigenvalue weighted by atomic mass is 32.1. The van der Waals surface area contributed by atoms with Gasteiger partial charge in [0.2, 0.25) is 0 Å². The zero-order chi connectivity index (χ0) is 64.1. The molecular formula is C72H66F4N8O2S5. The van der Waals surface area contributed by atoms with Crippen molar-refractivity contribution in [2.45, 2.75) is 170 Å². The highest BCUT2D eigenvalue weighted by molar-refractivity contribution is 7.34. The second-order valence-corrected chi connectivity index (χ2v) is 29.0. The summed E-state index contributed by atoms with van der Waals surface area (Å²) in [4.78, 5) is 30.4. The Labute approximate surface area is 545 Å². The number of rotatable bonds is 24. The van der Waals surface area contributed by atoms with E-state index in [1.165, 1.54) is 55.2 Å². The van der Waals surface area contributed by atoms with E-state index in [1.807, 2.05) is 31.2 Å². The minimum absolute atomic E-state index is 0.00000746. The van der Waals surface area contributed by atoms with E-state index in [1.54, 1.807) is 46.2 Å². The number of hydrogen-bond acceptors (Lipinski definition) is 13. The molecule has 0 aliphatic heterocycles. The number of carbonyl (C=O) groups excluding carboxylic acids is 2. The van der Waals surface area contributed by atoms with Crippen LogP contribution in [-0.2, 0) is 19.5 Å². The van der Waals surface area contributed by atoms with E-state index < -0.39 is 34.8 Å². The van der Waals surface area contributed by atoms with Gasteiger partial charge in [-0.15, -0.1) is 45.3 Å². The first kappa shape index (κ1) is 63.5. The number of thiophene rings is 4. The van der Waals surface area contributed by atoms with E-state index in [0.29, 0.717) is 24.4 Å². The monoisotopic (exact) mass is 1310 g/mol. The van der Waals surface area contributed by atoms with Gasteiger partial charge in [-0.3, -0.25) is 9.59 Å². The van der Waals surface area contributed by atoms with Gasteiger partial charge < -0.3 is 9.13 Å². The number of fused-ring (bicyclic) bond motifs is 16. The van der Waals surface area contributed by atoms with Crippen LogP contribution in [0, 0.1) is 87.4 Å². The van der Waals surface area contributed by atoms with Crippen LogP contribution in [0.2, 0.25) is 0 Å². The molecule has 2 atom stereocenters. The normalized spacial score (nSPS) is 14.8. The lowest BCUT2D eigenvalue weighted by atomic mass is 9.98. The molecule has 2 aliphatic carbocycles. The van der Waals surface area contributed by atoms with E-state index in [0.717, 1.165) is 189 Å². The van der Waals surface area contributed by atoms with Gasteiger partial charge in [0.05, 0.1) is 62.0 Å². The Balaban J connectivity index is 1.14. The van der Waals surface area contributed by atoms with Crippen molar-refractivity contribution in [2.24, 2.45) is 11.8 Å². The summed E-state index contributed by atoms with van der Waals surface area (Å²) in [5, 5.41) is 43.1. The molecule has 464 valence electrons. The van der Waals surface area contributed by atoms with E-state index in [9.17, 15) is 39.4 Å². The number of Topliss-reactive ketones (excluding diaryl/α,β-unsaturated/α-hetero) is 2. The maximum absolute atomic E-state index is 15.1. The molecule has 91 heavy (non-hydrogen) atoms. The molecule has 0 bridgehead atoms. The van der Waals surface area contributed by atoms with Crippen LogP contribution in [0.3, 0.4) is 0 Å². The molecule has 10 aromatic rings. The molecule has 0 fully saturated rings. The summed E-state index contributed by atoms with van der Waals surface area (Å²) in [6.07, 6.45) is 22.4. The standard InChI is InChI=1S/C72H66F4N8O2S5/c1-7-12-15-16-17-18-19-20-21-24-42-54(30-48-56(41(33-79)34-80)44-26-50(74)52(76)28-46(44)66(48)86)88-72-64-70(90-68(42)72)58-60-59(81-91-82-60)57-61(62(58)84(64)36-39(11-5)23-14-9-3)83(35-38(10-4)22-13-8-2)63-69(57)89-67-37(6)53(87-71(63)67)29-47-55(40(31-77)32-78)43-25-49(73)51(75)27-45(43)65(47)85/h25-30,38-39H,7-24,35-36H2,1-6H3/b47-29-,48-30-. The van der Waals surface area contributed by atoms with Gasteiger partial charge in [-0.25, -0.2) is 17.6 Å². The molecule has 3 aromatic carbocycles. The van der Waals surface area contributed by atoms with Gasteiger partial charge in [0, 0.05) is 67.0 Å². The van der Waals surface area contributed by atoms with Gasteiger partial charge in [-0.1, -0.05) is 125 Å². The first-order valence-electron chi connectivity index (χ1n) is 31.8. The minimum atomic E-state index is -1.20. The van der Waals surface area contributed by atoms with Gasteiger partial charge in [0.25, 0.3) is 0 Å². The number of aryl methyl sites for hydroxylation is 2. The number of benzene rings is 3. The third kappa shape index (κ3) is 10.9. The third-order valence-electron chi connectivity index (χ3n) is 18.8. The van der Waals surface area contributed by atoms with E-state index in [4.69, 9.17) is 8.75 Å². The van der Waals surface area contributed by atoms with Gasteiger partial charge in [-0.05, 0) is 103 Å². The highest BCUT2D eigenvalue weighted by Crippen LogP contribution is 2.56. The molecule has 0 saturated heterocycles. The number of ketones is 2. The summed E-state index contributed by atoms with van der Waals surface area (Å²) in [5.41, 5.74) is 6.89. The molecule has 7 aromatic heterocycles. The van der Waals surface area contributed by atoms with Gasteiger partial charge in [-0.2, -0.15) is 29.8 Å². The summed E-state index contributed by atoms with van der Waals surface area (Å²) in [6, 6.07) is 11.2. The molecule has 10 nitrogen and oxygen atoms in total. The molecular weight excluding hydrogens is 1250 g/mol. The van der Waals surface area contributed by atoms with Crippen molar-refractivity contribution < 1.29 is 27.2 Å². The molecule has 19 heteroatoms. The highest BCUT2D eigenvalue weighted by Gasteiger charge is 2.38. The maximum atomic E-state index is 15.1. The predicted octanol–water partition coefficient (Wildman–Crippen LogP) is 22.0. The Morgan fingerprint density at radius 3 is 1.36 bits per heavy atom. The van der Waals surface area contributed by atoms with E-state index >= 15 is 8.78 Å². The number of hydrogen-bond donors (Lipinski definition) is 0. The largest absolute Gasteiger partial charge is 0.337 e. The predicted molar refractivity (Wildman–Crippen MR) is 366 cm³/mol. The number of allylic oxidation sites excluding steroid dienone is 6. The summed E-state index contributed by atoms with van der Waals surface area (Å²) >= 11 is 7.67. The lowest BCUT2D eigenvalue weighted by molar-refractivity contribution is 0.103. The Bertz CT molecular complexity index is 4950. The average Bonchev–Trinajstić information content (AvgIpc) is 1.51. The Morgan fingerprint density at radius 1 is 0.505 bits per heavy atom. The second kappa shape index (κ2) is 26.5. The SMILES string of the molecule is CCCCCCCCCCCc1c(/C=C2\C(=O)c3cc(F)c(F)cc3C2=C(C#N)C#N)sc2c1sc1c3c4nsnc4c4c5sc6c(C)c(/C=C7\C(=O)c8cc(F)c(F)cc8C7=C(C#N)C#N)sc6c5n(CC(CC)CCCC)c4c3n(CC(CC)CCCC)c21. The van der Waals surface area contributed by atoms with Crippen molar-refractivity contribution in [1.29, 1.82) is 21.0 Å². The third-order valence-corrected chi connectivity index (χ3v) is 24.5. The van der Waals surface area contributed by atoms with Gasteiger partial charge in [0.15, 0.2) is 34.8 Å². The number of halogens is 4. The zero-order valence-corrected chi connectivity index (χ0v) is 55.8. The van der Waals surface area contributed by atoms with Crippen molar-refractivity contribution in [3.8, 4) is 24.3 Å². The first-order chi connectivity index (χ1) is 44.2. The van der Waals surface area contributed by atoms with Crippen LogP contribution >= 0.6 is 57.1 Å². The van der Waals surface area contributed by atoms with Gasteiger partial charge in [0.1, 0.15) is 46.5 Å². The van der Waals surface area contributed by atoms with Crippen molar-refractivity contribution in [3.63, 3.8) is 0 Å². The number of carbonyl (C=O) groups is 2. The zero-order valence-electron chi connectivity index (χ0n) is 51.7. The summed E-state index contributed by atoms with van der Waals surface area (Å²) in [7, 11) is 0. The van der Waals surface area contributed by atoms with E-state index in [2.05, 4.69) is 43.8 Å². The topological polar surface area (TPSA) is 165 Å². The van der Waals surface area contributed by atoms with Crippen LogP contribution in [0.15, 0.2) is 46.6 Å². The summed E-state index contributed by atoms with van der Waals surface area (Å²) < 4.78 is 81.7. The number of unbranched alkanes of at least 4 members (excludes halogenated alkanes) is 10. The van der Waals surface area contributed by atoms with Crippen LogP contribution in [0.5, 0.6) is 0 Å². The number of nitriles is 4. The lowest BCUT2D eigenvalue weighted by Gasteiger charge is -2.20. The Kier molecular flexibility index (Phi) is 18.5. The quantitative estimate of drug-likeness (QED) is 0.0250. The Hall–Kier alpha value is -7.62. The summed E-state index contributed by atoms with van der Waals surface area (Å²) in [6.45, 7) is 14.5. The first-order valence-corrected chi connectivity index (χ1v) is 35.8. The van der Waals surface area contributed by atoms with Gasteiger partial charge >= 0.3 is 0 Å². The van der Waals surface area contributed by atoms with Crippen molar-refractivity contribution in [1.82, 2.24) is 17.9 Å². The van der Waals surface area contributed by atoms with Crippen LogP contribution < -0.4 is 0 Å². The van der Waals surface area contributed by atoms with Crippen LogP contribution in [0.25, 0.3) is 95.4 Å². The minimum Gasteiger partial charge on any atom is -0.337 e. The van der Waals surface area contributed by atoms with Crippen LogP contribution in [0.4, 0.5) is 17.6 Å². The molecule has 0 radical (unpaired) electrons. The van der Waals surface area contributed by atoms with Crippen molar-refractivity contribution in [2.75, 3.05) is 0 Å². The molecule has 0 N–H and O–H groups in total. The second-order valence-electron chi connectivity index (χ2n) is 24.3. The molecule has 2 unspecified atom stereocenters. The van der Waals surface area contributed by atoms with Crippen molar-refractivity contribution >= 4 is 164 Å². The fraction of sp³-hybridized carbons (Fsp3) is 0.389. The molecule has 2 aliphatic rings. The maximum Gasteiger partial charge on any atom is 0.194 e. The van der Waals surface area contributed by atoms with E-state index in [-0.39, 0.29) is 67.5 Å². The summed E-state index contributed by atoms with van der Waals surface area (Å²) in [5.74, 6) is -5.38.